The first kappa shape index (κ1) is 13.1. The van der Waals surface area contributed by atoms with Gasteiger partial charge in [0.2, 0.25) is 0 Å². The molecule has 0 aliphatic carbocycles. The molecule has 2 N–H and O–H groups in total. The van der Waals surface area contributed by atoms with Crippen LogP contribution in [0, 0.1) is 6.92 Å². The first-order valence-electron chi connectivity index (χ1n) is 6.25. The Kier molecular flexibility index (Phi) is 3.99. The molecule has 0 unspecified atom stereocenters. The van der Waals surface area contributed by atoms with Gasteiger partial charge in [-0.15, -0.1) is 0 Å². The molecule has 18 heavy (non-hydrogen) atoms. The van der Waals surface area contributed by atoms with Gasteiger partial charge in [0.1, 0.15) is 0 Å². The van der Waals surface area contributed by atoms with Gasteiger partial charge in [0.25, 0.3) is 5.91 Å². The molecular formula is C14H19NO3. The topological polar surface area (TPSA) is 58.6 Å². The van der Waals surface area contributed by atoms with Gasteiger partial charge >= 0.3 is 0 Å². The van der Waals surface area contributed by atoms with Crippen molar-refractivity contribution in [2.45, 2.75) is 25.4 Å². The highest BCUT2D eigenvalue weighted by atomic mass is 16.5. The van der Waals surface area contributed by atoms with Crippen LogP contribution in [0.4, 0.5) is 0 Å². The van der Waals surface area contributed by atoms with Gasteiger partial charge in [0, 0.05) is 38.2 Å². The Labute approximate surface area is 107 Å². The van der Waals surface area contributed by atoms with Crippen molar-refractivity contribution in [3.63, 3.8) is 0 Å². The van der Waals surface area contributed by atoms with Gasteiger partial charge in [0.05, 0.1) is 5.60 Å². The van der Waals surface area contributed by atoms with Crippen molar-refractivity contribution in [1.82, 2.24) is 5.32 Å². The van der Waals surface area contributed by atoms with Crippen molar-refractivity contribution in [1.29, 1.82) is 0 Å². The van der Waals surface area contributed by atoms with E-state index in [1.807, 2.05) is 25.1 Å². The Balaban J connectivity index is 1.94. The zero-order chi connectivity index (χ0) is 13.0. The lowest BCUT2D eigenvalue weighted by molar-refractivity contribution is -0.0605. The molecule has 1 heterocycles. The number of rotatable bonds is 3. The Hall–Kier alpha value is -1.39. The van der Waals surface area contributed by atoms with Crippen molar-refractivity contribution in [3.8, 4) is 0 Å². The van der Waals surface area contributed by atoms with Gasteiger partial charge in [0.15, 0.2) is 0 Å². The quantitative estimate of drug-likeness (QED) is 0.848. The molecule has 0 aromatic heterocycles. The molecule has 1 aliphatic rings. The maximum absolute atomic E-state index is 12.0. The van der Waals surface area contributed by atoms with E-state index in [0.29, 0.717) is 31.6 Å². The van der Waals surface area contributed by atoms with Crippen molar-refractivity contribution in [3.05, 3.63) is 35.4 Å². The normalized spacial score (nSPS) is 18.3. The van der Waals surface area contributed by atoms with Crippen LogP contribution in [0.3, 0.4) is 0 Å². The van der Waals surface area contributed by atoms with E-state index < -0.39 is 5.60 Å². The van der Waals surface area contributed by atoms with E-state index >= 15 is 0 Å². The number of benzene rings is 1. The summed E-state index contributed by atoms with van der Waals surface area (Å²) >= 11 is 0. The lowest BCUT2D eigenvalue weighted by Gasteiger charge is -2.32. The summed E-state index contributed by atoms with van der Waals surface area (Å²) in [6, 6.07) is 7.43. The van der Waals surface area contributed by atoms with Crippen LogP contribution in [0.5, 0.6) is 0 Å². The maximum Gasteiger partial charge on any atom is 0.251 e. The summed E-state index contributed by atoms with van der Waals surface area (Å²) in [5.41, 5.74) is 0.776. The number of carbonyl (C=O) groups excluding carboxylic acids is 1. The minimum absolute atomic E-state index is 0.131. The Morgan fingerprint density at radius 3 is 2.72 bits per heavy atom. The molecule has 1 aliphatic heterocycles. The Morgan fingerprint density at radius 2 is 2.06 bits per heavy atom. The van der Waals surface area contributed by atoms with Crippen LogP contribution in [-0.2, 0) is 4.74 Å². The van der Waals surface area contributed by atoms with E-state index in [0.717, 1.165) is 5.56 Å². The summed E-state index contributed by atoms with van der Waals surface area (Å²) in [5, 5.41) is 13.0. The molecule has 0 atom stereocenters. The molecule has 1 saturated heterocycles. The first-order valence-corrected chi connectivity index (χ1v) is 6.25. The molecule has 0 bridgehead atoms. The molecule has 1 fully saturated rings. The van der Waals surface area contributed by atoms with Crippen LogP contribution in [0.15, 0.2) is 24.3 Å². The Morgan fingerprint density at radius 1 is 1.39 bits per heavy atom. The van der Waals surface area contributed by atoms with Gasteiger partial charge in [-0.25, -0.2) is 0 Å². The fraction of sp³-hybridized carbons (Fsp3) is 0.500. The Bertz CT molecular complexity index is 425. The minimum Gasteiger partial charge on any atom is -0.388 e. The average molecular weight is 249 g/mol. The highest BCUT2D eigenvalue weighted by Gasteiger charge is 2.30. The van der Waals surface area contributed by atoms with E-state index in [-0.39, 0.29) is 12.5 Å². The predicted octanol–water partition coefficient (Wildman–Crippen LogP) is 1.27. The monoisotopic (exact) mass is 249 g/mol. The molecule has 4 nitrogen and oxygen atoms in total. The third kappa shape index (κ3) is 3.09. The van der Waals surface area contributed by atoms with E-state index in [4.69, 9.17) is 4.74 Å². The maximum atomic E-state index is 12.0. The zero-order valence-corrected chi connectivity index (χ0v) is 10.6. The standard InChI is InChI=1S/C14H19NO3/c1-11-4-2-3-5-12(11)13(16)15-10-14(17)6-8-18-9-7-14/h2-5,17H,6-10H2,1H3,(H,15,16). The molecule has 4 heteroatoms. The van der Waals surface area contributed by atoms with Crippen LogP contribution in [0.1, 0.15) is 28.8 Å². The summed E-state index contributed by atoms with van der Waals surface area (Å²) in [5.74, 6) is -0.131. The van der Waals surface area contributed by atoms with Crippen molar-refractivity contribution < 1.29 is 14.6 Å². The molecule has 98 valence electrons. The fourth-order valence-corrected chi connectivity index (χ4v) is 2.10. The van der Waals surface area contributed by atoms with Crippen LogP contribution < -0.4 is 5.32 Å². The average Bonchev–Trinajstić information content (AvgIpc) is 2.38. The van der Waals surface area contributed by atoms with Gasteiger partial charge in [-0.1, -0.05) is 18.2 Å². The number of hydrogen-bond donors (Lipinski definition) is 2. The molecule has 1 amide bonds. The van der Waals surface area contributed by atoms with E-state index in [1.54, 1.807) is 6.07 Å². The van der Waals surface area contributed by atoms with Crippen LogP contribution in [0.25, 0.3) is 0 Å². The second kappa shape index (κ2) is 5.50. The fourth-order valence-electron chi connectivity index (χ4n) is 2.10. The molecule has 1 aromatic rings. The number of nitrogens with one attached hydrogen (secondary N) is 1. The van der Waals surface area contributed by atoms with E-state index in [9.17, 15) is 9.90 Å². The summed E-state index contributed by atoms with van der Waals surface area (Å²) < 4.78 is 5.20. The van der Waals surface area contributed by atoms with Gasteiger partial charge < -0.3 is 15.2 Å². The summed E-state index contributed by atoms with van der Waals surface area (Å²) in [7, 11) is 0. The van der Waals surface area contributed by atoms with Crippen molar-refractivity contribution in [2.24, 2.45) is 0 Å². The zero-order valence-electron chi connectivity index (χ0n) is 10.6. The number of amides is 1. The third-order valence-electron chi connectivity index (χ3n) is 3.39. The van der Waals surface area contributed by atoms with Crippen molar-refractivity contribution in [2.75, 3.05) is 19.8 Å². The molecule has 0 saturated carbocycles. The van der Waals surface area contributed by atoms with Crippen LogP contribution in [0.2, 0.25) is 0 Å². The molecule has 0 radical (unpaired) electrons. The number of aryl methyl sites for hydroxylation is 1. The molecule has 2 rings (SSSR count). The molecule has 1 aromatic carbocycles. The second-order valence-electron chi connectivity index (χ2n) is 4.83. The first-order chi connectivity index (χ1) is 8.61. The van der Waals surface area contributed by atoms with E-state index in [1.165, 1.54) is 0 Å². The minimum atomic E-state index is -0.823. The smallest absolute Gasteiger partial charge is 0.251 e. The van der Waals surface area contributed by atoms with Crippen LogP contribution in [-0.4, -0.2) is 36.4 Å². The van der Waals surface area contributed by atoms with Crippen LogP contribution >= 0.6 is 0 Å². The number of hydrogen-bond acceptors (Lipinski definition) is 3. The largest absolute Gasteiger partial charge is 0.388 e. The molecular weight excluding hydrogens is 230 g/mol. The highest BCUT2D eigenvalue weighted by Crippen LogP contribution is 2.19. The summed E-state index contributed by atoms with van der Waals surface area (Å²) in [4.78, 5) is 12.0. The second-order valence-corrected chi connectivity index (χ2v) is 4.83. The number of aliphatic hydroxyl groups is 1. The third-order valence-corrected chi connectivity index (χ3v) is 3.39. The van der Waals surface area contributed by atoms with Gasteiger partial charge in [-0.05, 0) is 18.6 Å². The lowest BCUT2D eigenvalue weighted by Crippen LogP contribution is -2.46. The molecule has 0 spiro atoms. The number of ether oxygens (including phenoxy) is 1. The predicted molar refractivity (Wildman–Crippen MR) is 68.5 cm³/mol. The highest BCUT2D eigenvalue weighted by molar-refractivity contribution is 5.95. The van der Waals surface area contributed by atoms with Gasteiger partial charge in [-0.2, -0.15) is 0 Å². The lowest BCUT2D eigenvalue weighted by atomic mass is 9.94. The van der Waals surface area contributed by atoms with Crippen molar-refractivity contribution >= 4 is 5.91 Å². The number of carbonyl (C=O) groups is 1. The summed E-state index contributed by atoms with van der Waals surface area (Å²) in [6.07, 6.45) is 1.14. The van der Waals surface area contributed by atoms with E-state index in [2.05, 4.69) is 5.32 Å². The SMILES string of the molecule is Cc1ccccc1C(=O)NCC1(O)CCOCC1. The van der Waals surface area contributed by atoms with Gasteiger partial charge in [-0.3, -0.25) is 4.79 Å². The summed E-state index contributed by atoms with van der Waals surface area (Å²) in [6.45, 7) is 3.29.